The quantitative estimate of drug-likeness (QED) is 0.561. The van der Waals surface area contributed by atoms with Gasteiger partial charge in [-0.3, -0.25) is 5.41 Å². The van der Waals surface area contributed by atoms with Crippen LogP contribution in [0.2, 0.25) is 0 Å². The molecule has 0 amide bonds. The Morgan fingerprint density at radius 1 is 1.10 bits per heavy atom. The Kier molecular flexibility index (Phi) is 5.40. The first-order valence-corrected chi connectivity index (χ1v) is 3.71. The summed E-state index contributed by atoms with van der Waals surface area (Å²) in [7, 11) is 0. The molecule has 0 saturated carbocycles. The monoisotopic (exact) mass is 162 g/mol. The lowest BCUT2D eigenvalue weighted by Gasteiger charge is -2.10. The van der Waals surface area contributed by atoms with Crippen molar-refractivity contribution < 1.29 is 0 Å². The fraction of sp³-hybridized carbons (Fsp3) is 0.857. The van der Waals surface area contributed by atoms with E-state index in [2.05, 4.69) is 5.32 Å². The maximum Gasteiger partial charge on any atom is 0.0931 e. The van der Waals surface area contributed by atoms with Crippen molar-refractivity contribution >= 4 is 18.2 Å². The summed E-state index contributed by atoms with van der Waals surface area (Å²) in [4.78, 5) is 0. The lowest BCUT2D eigenvalue weighted by atomic mass is 10.1. The van der Waals surface area contributed by atoms with Gasteiger partial charge in [-0.2, -0.15) is 0 Å². The highest BCUT2D eigenvalue weighted by atomic mass is 35.5. The predicted molar refractivity (Wildman–Crippen MR) is 46.1 cm³/mol. The molecule has 0 spiro atoms. The summed E-state index contributed by atoms with van der Waals surface area (Å²) in [5, 5.41) is 10.4. The third-order valence-electron chi connectivity index (χ3n) is 1.69. The molecule has 0 aromatic rings. The molecule has 1 aliphatic rings. The van der Waals surface area contributed by atoms with Gasteiger partial charge in [0.25, 0.3) is 0 Å². The molecule has 1 saturated heterocycles. The predicted octanol–water partition coefficient (Wildman–Crippen LogP) is 1.94. The van der Waals surface area contributed by atoms with Crippen LogP contribution in [-0.4, -0.2) is 12.4 Å². The minimum atomic E-state index is 0. The largest absolute Gasteiger partial charge is 0.374 e. The molecule has 0 atom stereocenters. The first-order valence-electron chi connectivity index (χ1n) is 3.71. The number of rotatable bonds is 0. The number of hydrogen-bond donors (Lipinski definition) is 2. The second-order valence-corrected chi connectivity index (χ2v) is 2.57. The Labute approximate surface area is 68.3 Å². The van der Waals surface area contributed by atoms with Crippen molar-refractivity contribution in [3.05, 3.63) is 0 Å². The van der Waals surface area contributed by atoms with Crippen LogP contribution in [-0.2, 0) is 0 Å². The molecule has 0 aliphatic carbocycles. The van der Waals surface area contributed by atoms with Crippen LogP contribution in [0.4, 0.5) is 0 Å². The van der Waals surface area contributed by atoms with Gasteiger partial charge < -0.3 is 5.32 Å². The highest BCUT2D eigenvalue weighted by molar-refractivity contribution is 5.85. The summed E-state index contributed by atoms with van der Waals surface area (Å²) >= 11 is 0. The van der Waals surface area contributed by atoms with Gasteiger partial charge in [-0.05, 0) is 12.8 Å². The molecule has 3 heteroatoms. The van der Waals surface area contributed by atoms with Crippen LogP contribution in [0.3, 0.4) is 0 Å². The second-order valence-electron chi connectivity index (χ2n) is 2.57. The van der Waals surface area contributed by atoms with Gasteiger partial charge in [-0.25, -0.2) is 0 Å². The summed E-state index contributed by atoms with van der Waals surface area (Å²) < 4.78 is 0. The molecule has 0 aromatic heterocycles. The third kappa shape index (κ3) is 3.72. The lowest BCUT2D eigenvalue weighted by molar-refractivity contribution is 0.609. The van der Waals surface area contributed by atoms with Crippen molar-refractivity contribution in [3.8, 4) is 0 Å². The zero-order valence-corrected chi connectivity index (χ0v) is 6.97. The van der Waals surface area contributed by atoms with E-state index in [1.54, 1.807) is 0 Å². The summed E-state index contributed by atoms with van der Waals surface area (Å²) in [6, 6.07) is 0. The van der Waals surface area contributed by atoms with Crippen molar-refractivity contribution in [2.45, 2.75) is 32.1 Å². The highest BCUT2D eigenvalue weighted by Gasteiger charge is 1.99. The maximum absolute atomic E-state index is 7.31. The standard InChI is InChI=1S/C7H14N2.ClH/c8-7-5-3-1-2-4-6-9-7;/h1-6H2,(H2,8,9);1H. The van der Waals surface area contributed by atoms with Crippen LogP contribution in [0.15, 0.2) is 0 Å². The molecule has 0 bridgehead atoms. The summed E-state index contributed by atoms with van der Waals surface area (Å²) in [5.41, 5.74) is 0. The van der Waals surface area contributed by atoms with E-state index >= 15 is 0 Å². The van der Waals surface area contributed by atoms with Crippen LogP contribution in [0.1, 0.15) is 32.1 Å². The van der Waals surface area contributed by atoms with Crippen molar-refractivity contribution in [1.29, 1.82) is 5.41 Å². The SMILES string of the molecule is Cl.N=C1CCCCCCN1. The third-order valence-corrected chi connectivity index (χ3v) is 1.69. The number of hydrogen-bond acceptors (Lipinski definition) is 1. The van der Waals surface area contributed by atoms with E-state index in [-0.39, 0.29) is 12.4 Å². The second kappa shape index (κ2) is 5.54. The Morgan fingerprint density at radius 2 is 1.80 bits per heavy atom. The summed E-state index contributed by atoms with van der Waals surface area (Å²) in [6.45, 7) is 1.01. The van der Waals surface area contributed by atoms with Crippen molar-refractivity contribution in [1.82, 2.24) is 5.32 Å². The van der Waals surface area contributed by atoms with Gasteiger partial charge in [0.2, 0.25) is 0 Å². The van der Waals surface area contributed by atoms with E-state index in [1.807, 2.05) is 0 Å². The first-order chi connectivity index (χ1) is 4.39. The Hall–Kier alpha value is -0.240. The van der Waals surface area contributed by atoms with Crippen LogP contribution in [0, 0.1) is 5.41 Å². The topological polar surface area (TPSA) is 35.9 Å². The molecule has 1 aliphatic heterocycles. The van der Waals surface area contributed by atoms with Gasteiger partial charge in [0, 0.05) is 13.0 Å². The maximum atomic E-state index is 7.31. The molecule has 2 N–H and O–H groups in total. The number of halogens is 1. The molecule has 1 rings (SSSR count). The van der Waals surface area contributed by atoms with E-state index in [0.29, 0.717) is 0 Å². The van der Waals surface area contributed by atoms with E-state index in [1.165, 1.54) is 25.7 Å². The molecule has 0 aromatic carbocycles. The molecule has 1 fully saturated rings. The van der Waals surface area contributed by atoms with Gasteiger partial charge in [0.05, 0.1) is 5.84 Å². The lowest BCUT2D eigenvalue weighted by Crippen LogP contribution is -2.24. The highest BCUT2D eigenvalue weighted by Crippen LogP contribution is 2.04. The van der Waals surface area contributed by atoms with E-state index in [0.717, 1.165) is 18.8 Å². The zero-order chi connectivity index (χ0) is 6.53. The minimum Gasteiger partial charge on any atom is -0.374 e. The van der Waals surface area contributed by atoms with Gasteiger partial charge in [-0.1, -0.05) is 12.8 Å². The van der Waals surface area contributed by atoms with E-state index in [9.17, 15) is 0 Å². The first kappa shape index (κ1) is 9.76. The summed E-state index contributed by atoms with van der Waals surface area (Å²) in [5.74, 6) is 0.731. The molecule has 0 radical (unpaired) electrons. The molecular formula is C7H15ClN2. The molecule has 0 unspecified atom stereocenters. The smallest absolute Gasteiger partial charge is 0.0931 e. The van der Waals surface area contributed by atoms with Crippen LogP contribution >= 0.6 is 12.4 Å². The van der Waals surface area contributed by atoms with Gasteiger partial charge >= 0.3 is 0 Å². The Morgan fingerprint density at radius 3 is 2.60 bits per heavy atom. The average Bonchev–Trinajstić information content (AvgIpc) is 1.79. The van der Waals surface area contributed by atoms with Crippen molar-refractivity contribution in [3.63, 3.8) is 0 Å². The van der Waals surface area contributed by atoms with Gasteiger partial charge in [0.1, 0.15) is 0 Å². The van der Waals surface area contributed by atoms with Crippen LogP contribution in [0.5, 0.6) is 0 Å². The molecular weight excluding hydrogens is 148 g/mol. The fourth-order valence-corrected chi connectivity index (χ4v) is 1.11. The molecule has 60 valence electrons. The van der Waals surface area contributed by atoms with Gasteiger partial charge in [-0.15, -0.1) is 12.4 Å². The fourth-order valence-electron chi connectivity index (χ4n) is 1.11. The van der Waals surface area contributed by atoms with E-state index < -0.39 is 0 Å². The zero-order valence-electron chi connectivity index (χ0n) is 6.15. The van der Waals surface area contributed by atoms with Gasteiger partial charge in [0.15, 0.2) is 0 Å². The number of nitrogens with one attached hydrogen (secondary N) is 2. The average molecular weight is 163 g/mol. The summed E-state index contributed by atoms with van der Waals surface area (Å²) in [6.07, 6.45) is 6.04. The molecule has 1 heterocycles. The normalized spacial score (nSPS) is 19.8. The Bertz CT molecular complexity index is 93.8. The number of amidine groups is 1. The minimum absolute atomic E-state index is 0. The van der Waals surface area contributed by atoms with Crippen molar-refractivity contribution in [2.75, 3.05) is 6.54 Å². The van der Waals surface area contributed by atoms with Crippen LogP contribution < -0.4 is 5.32 Å². The van der Waals surface area contributed by atoms with Crippen molar-refractivity contribution in [2.24, 2.45) is 0 Å². The van der Waals surface area contributed by atoms with E-state index in [4.69, 9.17) is 5.41 Å². The Balaban J connectivity index is 0.000000810. The molecule has 2 nitrogen and oxygen atoms in total. The molecule has 10 heavy (non-hydrogen) atoms. The van der Waals surface area contributed by atoms with Crippen LogP contribution in [0.25, 0.3) is 0 Å².